The van der Waals surface area contributed by atoms with E-state index in [1.54, 1.807) is 53.5 Å². The molecule has 74 heavy (non-hydrogen) atoms. The van der Waals surface area contributed by atoms with E-state index in [1.807, 2.05) is 58.0 Å². The first-order valence-corrected chi connectivity index (χ1v) is 26.0. The summed E-state index contributed by atoms with van der Waals surface area (Å²) in [5.41, 5.74) is 7.01. The molecule has 0 aromatic heterocycles. The number of hydrogen-bond acceptors (Lipinski definition) is 15. The number of benzene rings is 3. The van der Waals surface area contributed by atoms with Gasteiger partial charge >= 0.3 is 0 Å². The van der Waals surface area contributed by atoms with Crippen LogP contribution in [0.3, 0.4) is 0 Å². The highest BCUT2D eigenvalue weighted by Gasteiger charge is 2.36. The summed E-state index contributed by atoms with van der Waals surface area (Å²) in [5, 5.41) is 16.0. The topological polar surface area (TPSA) is 216 Å². The molecule has 0 bridgehead atoms. The third kappa shape index (κ3) is 14.5. The zero-order valence-corrected chi connectivity index (χ0v) is 43.8. The fourth-order valence-corrected chi connectivity index (χ4v) is 9.73. The average molecular weight is 1040 g/mol. The van der Waals surface area contributed by atoms with Crippen molar-refractivity contribution in [3.05, 3.63) is 105 Å². The number of amides is 4. The van der Waals surface area contributed by atoms with Gasteiger partial charge in [0, 0.05) is 68.0 Å². The fraction of sp³-hybridized carbons (Fsp3) is 0.473. The Morgan fingerprint density at radius 1 is 0.730 bits per heavy atom. The lowest BCUT2D eigenvalue weighted by Gasteiger charge is -2.26. The molecule has 7 rings (SSSR count). The molecule has 3 aromatic rings. The van der Waals surface area contributed by atoms with E-state index < -0.39 is 4.75 Å². The van der Waals surface area contributed by atoms with E-state index in [0.29, 0.717) is 125 Å². The number of carbonyl (C=O) groups is 5. The number of thioether (sulfide) groups is 1. The number of aldehydes is 1. The quantitative estimate of drug-likeness (QED) is 0.0442. The number of aliphatic hydroxyl groups excluding tert-OH is 1. The highest BCUT2D eigenvalue weighted by atomic mass is 32.2. The average Bonchev–Trinajstić information content (AvgIpc) is 3.98. The van der Waals surface area contributed by atoms with Crippen LogP contribution in [0.1, 0.15) is 100 Å². The summed E-state index contributed by atoms with van der Waals surface area (Å²) in [6.45, 7) is 12.1. The fourth-order valence-electron chi connectivity index (χ4n) is 8.86. The van der Waals surface area contributed by atoms with E-state index in [4.69, 9.17) is 33.4 Å². The molecule has 396 valence electrons. The van der Waals surface area contributed by atoms with Crippen LogP contribution in [0.15, 0.2) is 75.7 Å². The van der Waals surface area contributed by atoms with Crippen LogP contribution in [0.2, 0.25) is 0 Å². The van der Waals surface area contributed by atoms with Crippen molar-refractivity contribution < 1.29 is 57.5 Å². The van der Waals surface area contributed by atoms with Gasteiger partial charge in [0.1, 0.15) is 24.7 Å². The summed E-state index contributed by atoms with van der Waals surface area (Å²) in [5.74, 6) is 0.262. The SMILES string of the molecule is C/C=C1\C[C@H]2C=Nc3cc(OCc4cc(COc5cc6c(cc5CO)C(=O)N5C/C(=C/C)C[C@H]5C=N6)cc(C(C)(C)SCC(=O)NCCOCCOCCOCCOCCC(=O)NC)c4)c(C=O)cc3C(=O)N2C1. The van der Waals surface area contributed by atoms with E-state index in [0.717, 1.165) is 28.7 Å². The largest absolute Gasteiger partial charge is 0.488 e. The monoisotopic (exact) mass is 1040 g/mol. The summed E-state index contributed by atoms with van der Waals surface area (Å²) in [7, 11) is 1.59. The molecule has 4 amide bonds. The number of allylic oxidation sites excluding steroid dienone is 2. The molecule has 0 unspecified atom stereocenters. The lowest BCUT2D eigenvalue weighted by Crippen LogP contribution is -2.35. The van der Waals surface area contributed by atoms with E-state index >= 15 is 0 Å². The number of carbonyl (C=O) groups excluding carboxylic acids is 5. The van der Waals surface area contributed by atoms with Crippen molar-refractivity contribution in [1.82, 2.24) is 20.4 Å². The summed E-state index contributed by atoms with van der Waals surface area (Å²) in [6.07, 6.45) is 10.1. The van der Waals surface area contributed by atoms with Gasteiger partial charge in [0.15, 0.2) is 6.29 Å². The first-order chi connectivity index (χ1) is 35.8. The van der Waals surface area contributed by atoms with Crippen LogP contribution >= 0.6 is 11.8 Å². The number of hydrogen-bond donors (Lipinski definition) is 3. The first kappa shape index (κ1) is 55.5. The second-order valence-electron chi connectivity index (χ2n) is 18.7. The van der Waals surface area contributed by atoms with E-state index in [9.17, 15) is 29.1 Å². The minimum atomic E-state index is -0.595. The van der Waals surface area contributed by atoms with Gasteiger partial charge in [-0.15, -0.1) is 11.8 Å². The summed E-state index contributed by atoms with van der Waals surface area (Å²) < 4.78 is 34.2. The Kier molecular flexibility index (Phi) is 20.1. The van der Waals surface area contributed by atoms with Crippen molar-refractivity contribution in [2.75, 3.05) is 85.3 Å². The molecule has 3 N–H and O–H groups in total. The molecular weight excluding hydrogens is 969 g/mol. The summed E-state index contributed by atoms with van der Waals surface area (Å²) in [4.78, 5) is 77.2. The lowest BCUT2D eigenvalue weighted by atomic mass is 9.97. The molecule has 0 saturated carbocycles. The van der Waals surface area contributed by atoms with Gasteiger partial charge in [0.05, 0.1) is 105 Å². The highest BCUT2D eigenvalue weighted by molar-refractivity contribution is 8.00. The number of fused-ring (bicyclic) bond motifs is 4. The van der Waals surface area contributed by atoms with Crippen molar-refractivity contribution in [2.24, 2.45) is 9.98 Å². The van der Waals surface area contributed by atoms with Crippen LogP contribution in [0, 0.1) is 0 Å². The predicted molar refractivity (Wildman–Crippen MR) is 282 cm³/mol. The van der Waals surface area contributed by atoms with E-state index in [1.165, 1.54) is 17.3 Å². The molecule has 4 aliphatic heterocycles. The minimum Gasteiger partial charge on any atom is -0.488 e. The maximum Gasteiger partial charge on any atom is 0.256 e. The third-order valence-corrected chi connectivity index (χ3v) is 14.6. The lowest BCUT2D eigenvalue weighted by molar-refractivity contribution is -0.122. The first-order valence-electron chi connectivity index (χ1n) is 25.0. The normalized spacial score (nSPS) is 18.0. The van der Waals surface area contributed by atoms with Crippen LogP contribution < -0.4 is 20.1 Å². The van der Waals surface area contributed by atoms with Crippen molar-refractivity contribution in [3.63, 3.8) is 0 Å². The molecule has 3 aromatic carbocycles. The second kappa shape index (κ2) is 26.8. The number of aliphatic imine (C=N–C) groups is 2. The van der Waals surface area contributed by atoms with Crippen LogP contribution in [0.25, 0.3) is 0 Å². The number of rotatable bonds is 27. The van der Waals surface area contributed by atoms with Crippen molar-refractivity contribution >= 4 is 65.5 Å². The Morgan fingerprint density at radius 3 is 1.80 bits per heavy atom. The van der Waals surface area contributed by atoms with Gasteiger partial charge in [0.2, 0.25) is 11.8 Å². The number of nitrogens with zero attached hydrogens (tertiary/aromatic N) is 4. The van der Waals surface area contributed by atoms with Gasteiger partial charge in [0.25, 0.3) is 11.8 Å². The number of aliphatic hydroxyl groups is 1. The van der Waals surface area contributed by atoms with Crippen LogP contribution in [-0.2, 0) is 53.1 Å². The Balaban J connectivity index is 0.983. The molecule has 0 radical (unpaired) electrons. The van der Waals surface area contributed by atoms with Crippen LogP contribution in [0.5, 0.6) is 11.5 Å². The molecular formula is C55H68N6O12S. The van der Waals surface area contributed by atoms with Gasteiger partial charge in [-0.05, 0) is 75.4 Å². The summed E-state index contributed by atoms with van der Waals surface area (Å²) in [6, 6.07) is 12.2. The minimum absolute atomic E-state index is 0.0413. The Labute approximate surface area is 436 Å². The molecule has 2 atom stereocenters. The number of nitrogens with one attached hydrogen (secondary N) is 2. The van der Waals surface area contributed by atoms with Crippen molar-refractivity contribution in [2.45, 2.75) is 83.6 Å². The van der Waals surface area contributed by atoms with Crippen molar-refractivity contribution in [3.8, 4) is 11.5 Å². The van der Waals surface area contributed by atoms with Gasteiger partial charge in [-0.3, -0.25) is 34.0 Å². The van der Waals surface area contributed by atoms with E-state index in [-0.39, 0.29) is 72.6 Å². The Hall–Kier alpha value is -6.22. The maximum absolute atomic E-state index is 13.7. The van der Waals surface area contributed by atoms with Gasteiger partial charge in [-0.2, -0.15) is 0 Å². The van der Waals surface area contributed by atoms with Gasteiger partial charge in [-0.25, -0.2) is 0 Å². The Bertz CT molecular complexity index is 2650. The summed E-state index contributed by atoms with van der Waals surface area (Å²) >= 11 is 1.46. The zero-order valence-electron chi connectivity index (χ0n) is 42.9. The molecule has 19 heteroatoms. The standard InChI is InChI=1S/C55H68N6O12S/c1-6-36-21-43-27-58-47-25-49(40(31-62)23-45(47)53(66)60(43)29-36)72-33-38-18-39(34-73-50-26-48-46(24-41(50)32-63)54(67)61-30-37(7-2)22-44(61)28-59-48)20-42(19-38)55(3,4)74-35-52(65)57-9-11-69-13-15-71-17-16-70-14-12-68-10-8-51(64)56-5/h6-7,18-20,23-28,31,43-44,63H,8-17,21-22,29-30,32-35H2,1-5H3,(H,56,64)(H,57,65)/b36-6+,37-7+/t43-,44-/m0/s1. The molecule has 2 fully saturated rings. The number of ether oxygens (including phenoxy) is 6. The van der Waals surface area contributed by atoms with Gasteiger partial charge < -0.3 is 54.0 Å². The molecule has 18 nitrogen and oxygen atoms in total. The highest BCUT2D eigenvalue weighted by Crippen LogP contribution is 2.40. The molecule has 2 saturated heterocycles. The molecule has 0 aliphatic carbocycles. The zero-order chi connectivity index (χ0) is 52.6. The third-order valence-electron chi connectivity index (χ3n) is 13.2. The predicted octanol–water partition coefficient (Wildman–Crippen LogP) is 6.19. The van der Waals surface area contributed by atoms with E-state index in [2.05, 4.69) is 15.6 Å². The van der Waals surface area contributed by atoms with Crippen molar-refractivity contribution in [1.29, 1.82) is 0 Å². The molecule has 4 aliphatic rings. The smallest absolute Gasteiger partial charge is 0.256 e. The Morgan fingerprint density at radius 2 is 1.26 bits per heavy atom. The molecule has 0 spiro atoms. The maximum atomic E-state index is 13.7. The van der Waals surface area contributed by atoms with Gasteiger partial charge in [-0.1, -0.05) is 35.4 Å². The second-order valence-corrected chi connectivity index (χ2v) is 20.3. The van der Waals surface area contributed by atoms with Crippen LogP contribution in [-0.4, -0.2) is 155 Å². The molecule has 4 heterocycles. The van der Waals surface area contributed by atoms with Crippen LogP contribution in [0.4, 0.5) is 11.4 Å².